The summed E-state index contributed by atoms with van der Waals surface area (Å²) in [6.45, 7) is 12.2. The lowest BCUT2D eigenvalue weighted by molar-refractivity contribution is 0.0281. The first kappa shape index (κ1) is 22.7. The number of hydrogen-bond donors (Lipinski definition) is 0. The van der Waals surface area contributed by atoms with E-state index in [0.717, 1.165) is 11.6 Å². The molecule has 0 radical (unpaired) electrons. The van der Waals surface area contributed by atoms with Crippen LogP contribution in [0.1, 0.15) is 66.5 Å². The lowest BCUT2D eigenvalue weighted by atomic mass is 9.57. The van der Waals surface area contributed by atoms with E-state index in [1.807, 2.05) is 0 Å². The average Bonchev–Trinajstić information content (AvgIpc) is 3.68. The third-order valence-corrected chi connectivity index (χ3v) is 9.29. The molecule has 1 unspecified atom stereocenters. The van der Waals surface area contributed by atoms with Crippen molar-refractivity contribution in [3.63, 3.8) is 0 Å². The van der Waals surface area contributed by atoms with Gasteiger partial charge in [0.1, 0.15) is 0 Å². The predicted octanol–water partition coefficient (Wildman–Crippen LogP) is 7.41. The van der Waals surface area contributed by atoms with Gasteiger partial charge in [-0.25, -0.2) is 4.99 Å². The Morgan fingerprint density at radius 2 is 1.60 bits per heavy atom. The highest BCUT2D eigenvalue weighted by Gasteiger charge is 2.50. The molecule has 2 fully saturated rings. The standard InChI is InChI=1S/C33H38N2/c1-22-19-28-20-29-24(3)33(4,17-18-35(29)21-25-15-16-25)30(28)23(2)31(22)34-32(26-11-7-5-8-12-26)27-13-9-6-10-14-27/h5-14,19,24-25,29H,15-18,20-21H2,1-4H3/t24-,29?,33-/m0/s1. The Hall–Kier alpha value is -2.71. The molecular weight excluding hydrogens is 424 g/mol. The minimum absolute atomic E-state index is 0.222. The first-order chi connectivity index (χ1) is 17.0. The van der Waals surface area contributed by atoms with E-state index < -0.39 is 0 Å². The van der Waals surface area contributed by atoms with Crippen LogP contribution in [0.25, 0.3) is 0 Å². The SMILES string of the molecule is Cc1cc2c(c(C)c1N=C(c1ccccc1)c1ccccc1)[C@@]1(C)CCN(CC3CC3)C(C2)[C@@H]1C. The van der Waals surface area contributed by atoms with Gasteiger partial charge in [-0.2, -0.15) is 0 Å². The van der Waals surface area contributed by atoms with Crippen molar-refractivity contribution in [2.45, 2.75) is 64.8 Å². The fraction of sp³-hybridized carbons (Fsp3) is 0.424. The van der Waals surface area contributed by atoms with Crippen molar-refractivity contribution in [3.8, 4) is 0 Å². The van der Waals surface area contributed by atoms with Crippen molar-refractivity contribution < 1.29 is 0 Å². The molecule has 3 aromatic carbocycles. The van der Waals surface area contributed by atoms with Gasteiger partial charge in [0.2, 0.25) is 0 Å². The molecule has 2 nitrogen and oxygen atoms in total. The van der Waals surface area contributed by atoms with E-state index in [0.29, 0.717) is 12.0 Å². The summed E-state index contributed by atoms with van der Waals surface area (Å²) in [5, 5.41) is 0. The highest BCUT2D eigenvalue weighted by molar-refractivity contribution is 6.14. The summed E-state index contributed by atoms with van der Waals surface area (Å²) in [4.78, 5) is 8.28. The molecule has 0 N–H and O–H groups in total. The maximum Gasteiger partial charge on any atom is 0.0781 e. The molecule has 3 atom stereocenters. The zero-order chi connectivity index (χ0) is 24.2. The molecule has 0 amide bonds. The number of fused-ring (bicyclic) bond motifs is 4. The van der Waals surface area contributed by atoms with Crippen LogP contribution in [0.15, 0.2) is 71.7 Å². The molecule has 180 valence electrons. The number of hydrogen-bond acceptors (Lipinski definition) is 2. The highest BCUT2D eigenvalue weighted by Crippen LogP contribution is 2.52. The monoisotopic (exact) mass is 462 g/mol. The number of piperidine rings is 1. The first-order valence-electron chi connectivity index (χ1n) is 13.5. The molecular formula is C33H38N2. The Bertz CT molecular complexity index is 1210. The minimum Gasteiger partial charge on any atom is -0.299 e. The third-order valence-electron chi connectivity index (χ3n) is 9.29. The van der Waals surface area contributed by atoms with Gasteiger partial charge in [0.05, 0.1) is 11.4 Å². The molecule has 6 rings (SSSR count). The molecule has 35 heavy (non-hydrogen) atoms. The van der Waals surface area contributed by atoms with Crippen molar-refractivity contribution >= 4 is 11.4 Å². The van der Waals surface area contributed by atoms with Crippen LogP contribution in [0.5, 0.6) is 0 Å². The lowest BCUT2D eigenvalue weighted by Gasteiger charge is -2.55. The summed E-state index contributed by atoms with van der Waals surface area (Å²) in [5.74, 6) is 1.63. The molecule has 3 aromatic rings. The van der Waals surface area contributed by atoms with Crippen LogP contribution in [0.4, 0.5) is 5.69 Å². The fourth-order valence-electron chi connectivity index (χ4n) is 7.04. The Kier molecular flexibility index (Phi) is 5.68. The number of rotatable bonds is 5. The Balaban J connectivity index is 1.47. The van der Waals surface area contributed by atoms with Crippen molar-refractivity contribution in [3.05, 3.63) is 100 Å². The highest BCUT2D eigenvalue weighted by atomic mass is 15.2. The van der Waals surface area contributed by atoms with Gasteiger partial charge < -0.3 is 0 Å². The maximum atomic E-state index is 5.44. The van der Waals surface area contributed by atoms with Gasteiger partial charge >= 0.3 is 0 Å². The zero-order valence-corrected chi connectivity index (χ0v) is 21.7. The van der Waals surface area contributed by atoms with Crippen LogP contribution in [0, 0.1) is 25.7 Å². The lowest BCUT2D eigenvalue weighted by Crippen LogP contribution is -2.58. The molecule has 1 aliphatic heterocycles. The van der Waals surface area contributed by atoms with E-state index in [-0.39, 0.29) is 5.41 Å². The largest absolute Gasteiger partial charge is 0.299 e. The summed E-state index contributed by atoms with van der Waals surface area (Å²) < 4.78 is 0. The van der Waals surface area contributed by atoms with Crippen LogP contribution < -0.4 is 0 Å². The van der Waals surface area contributed by atoms with E-state index in [9.17, 15) is 0 Å². The molecule has 2 heteroatoms. The van der Waals surface area contributed by atoms with Crippen LogP contribution in [-0.4, -0.2) is 29.7 Å². The maximum absolute atomic E-state index is 5.44. The number of likely N-dealkylation sites (tertiary alicyclic amines) is 1. The Morgan fingerprint density at radius 3 is 2.20 bits per heavy atom. The van der Waals surface area contributed by atoms with Crippen LogP contribution >= 0.6 is 0 Å². The second-order valence-electron chi connectivity index (χ2n) is 11.6. The normalized spacial score (nSPS) is 25.7. The van der Waals surface area contributed by atoms with Gasteiger partial charge in [-0.1, -0.05) is 80.6 Å². The van der Waals surface area contributed by atoms with E-state index in [4.69, 9.17) is 4.99 Å². The summed E-state index contributed by atoms with van der Waals surface area (Å²) in [5.41, 5.74) is 10.7. The predicted molar refractivity (Wildman–Crippen MR) is 147 cm³/mol. The summed E-state index contributed by atoms with van der Waals surface area (Å²) in [7, 11) is 0. The Labute approximate surface area is 211 Å². The van der Waals surface area contributed by atoms with E-state index in [2.05, 4.69) is 99.3 Å². The molecule has 1 saturated heterocycles. The van der Waals surface area contributed by atoms with Gasteiger partial charge in [0, 0.05) is 23.7 Å². The molecule has 2 aliphatic carbocycles. The third kappa shape index (κ3) is 3.96. The van der Waals surface area contributed by atoms with Crippen molar-refractivity contribution in [2.24, 2.45) is 16.8 Å². The number of nitrogens with zero attached hydrogens (tertiary/aromatic N) is 2. The molecule has 2 bridgehead atoms. The van der Waals surface area contributed by atoms with E-state index in [1.54, 1.807) is 11.1 Å². The fourth-order valence-corrected chi connectivity index (χ4v) is 7.04. The molecule has 0 aromatic heterocycles. The van der Waals surface area contributed by atoms with Crippen LogP contribution in [0.2, 0.25) is 0 Å². The minimum atomic E-state index is 0.222. The van der Waals surface area contributed by atoms with Crippen LogP contribution in [0.3, 0.4) is 0 Å². The summed E-state index contributed by atoms with van der Waals surface area (Å²) >= 11 is 0. The second kappa shape index (κ2) is 8.75. The first-order valence-corrected chi connectivity index (χ1v) is 13.5. The van der Waals surface area contributed by atoms with Crippen molar-refractivity contribution in [1.82, 2.24) is 4.90 Å². The number of aryl methyl sites for hydroxylation is 1. The molecule has 1 heterocycles. The second-order valence-corrected chi connectivity index (χ2v) is 11.6. The zero-order valence-electron chi connectivity index (χ0n) is 21.7. The van der Waals surface area contributed by atoms with Crippen molar-refractivity contribution in [1.29, 1.82) is 0 Å². The Morgan fingerprint density at radius 1 is 0.971 bits per heavy atom. The number of aliphatic imine (C=N–C) groups is 1. The van der Waals surface area contributed by atoms with Gasteiger partial charge in [-0.15, -0.1) is 0 Å². The van der Waals surface area contributed by atoms with Gasteiger partial charge in [-0.05, 0) is 85.6 Å². The summed E-state index contributed by atoms with van der Waals surface area (Å²) in [6.07, 6.45) is 5.32. The molecule has 1 saturated carbocycles. The van der Waals surface area contributed by atoms with Crippen LogP contribution in [-0.2, 0) is 11.8 Å². The average molecular weight is 463 g/mol. The molecule has 0 spiro atoms. The quantitative estimate of drug-likeness (QED) is 0.361. The summed E-state index contributed by atoms with van der Waals surface area (Å²) in [6, 6.07) is 24.5. The number of benzene rings is 3. The van der Waals surface area contributed by atoms with Gasteiger partial charge in [-0.3, -0.25) is 4.90 Å². The van der Waals surface area contributed by atoms with E-state index in [1.165, 1.54) is 66.7 Å². The van der Waals surface area contributed by atoms with E-state index >= 15 is 0 Å². The van der Waals surface area contributed by atoms with Gasteiger partial charge in [0.15, 0.2) is 0 Å². The van der Waals surface area contributed by atoms with Crippen molar-refractivity contribution in [2.75, 3.05) is 13.1 Å². The smallest absolute Gasteiger partial charge is 0.0781 e. The van der Waals surface area contributed by atoms with Gasteiger partial charge in [0.25, 0.3) is 0 Å². The molecule has 3 aliphatic rings. The topological polar surface area (TPSA) is 15.6 Å².